The minimum Gasteiger partial charge on any atom is -0.478 e. The summed E-state index contributed by atoms with van der Waals surface area (Å²) in [6, 6.07) is 11.1. The molecule has 0 aliphatic carbocycles. The van der Waals surface area contributed by atoms with Crippen LogP contribution in [0, 0.1) is 11.3 Å². The predicted molar refractivity (Wildman–Crippen MR) is 77.3 cm³/mol. The molecule has 2 aromatic rings. The molecule has 4 nitrogen and oxygen atoms in total. The highest BCUT2D eigenvalue weighted by atomic mass is 79.9. The topological polar surface area (TPSA) is 70.3 Å². The third-order valence-corrected chi connectivity index (χ3v) is 3.31. The van der Waals surface area contributed by atoms with Crippen molar-refractivity contribution in [3.8, 4) is 17.6 Å². The van der Waals surface area contributed by atoms with E-state index >= 15 is 0 Å². The minimum atomic E-state index is -1.13. The van der Waals surface area contributed by atoms with Crippen LogP contribution in [0.2, 0.25) is 5.02 Å². The summed E-state index contributed by atoms with van der Waals surface area (Å²) in [5.74, 6) is -0.548. The lowest BCUT2D eigenvalue weighted by atomic mass is 10.2. The van der Waals surface area contributed by atoms with Gasteiger partial charge in [0.05, 0.1) is 16.1 Å². The highest BCUT2D eigenvalue weighted by Gasteiger charge is 2.14. The van der Waals surface area contributed by atoms with Gasteiger partial charge in [0, 0.05) is 5.02 Å². The first-order chi connectivity index (χ1) is 9.51. The third kappa shape index (κ3) is 3.10. The van der Waals surface area contributed by atoms with E-state index in [2.05, 4.69) is 15.9 Å². The second kappa shape index (κ2) is 5.95. The maximum Gasteiger partial charge on any atom is 0.339 e. The molecule has 0 atom stereocenters. The van der Waals surface area contributed by atoms with Crippen molar-refractivity contribution in [2.45, 2.75) is 0 Å². The van der Waals surface area contributed by atoms with Crippen molar-refractivity contribution < 1.29 is 14.6 Å². The van der Waals surface area contributed by atoms with Crippen molar-refractivity contribution in [1.29, 1.82) is 5.26 Å². The van der Waals surface area contributed by atoms with Crippen LogP contribution in [0.4, 0.5) is 0 Å². The Bertz CT molecular complexity index is 725. The summed E-state index contributed by atoms with van der Waals surface area (Å²) in [6.07, 6.45) is 0. The molecular formula is C14H7BrClNO3. The summed E-state index contributed by atoms with van der Waals surface area (Å²) in [5.41, 5.74) is 0.438. The highest BCUT2D eigenvalue weighted by molar-refractivity contribution is 9.10. The van der Waals surface area contributed by atoms with E-state index in [1.54, 1.807) is 24.3 Å². The highest BCUT2D eigenvalue weighted by Crippen LogP contribution is 2.33. The average Bonchev–Trinajstić information content (AvgIpc) is 2.42. The van der Waals surface area contributed by atoms with Crippen LogP contribution in [0.3, 0.4) is 0 Å². The summed E-state index contributed by atoms with van der Waals surface area (Å²) in [5, 5.41) is 18.2. The van der Waals surface area contributed by atoms with Gasteiger partial charge in [0.15, 0.2) is 0 Å². The molecule has 0 fully saturated rings. The molecule has 2 aromatic carbocycles. The van der Waals surface area contributed by atoms with Crippen LogP contribution in [-0.2, 0) is 0 Å². The summed E-state index contributed by atoms with van der Waals surface area (Å²) in [4.78, 5) is 11.2. The first-order valence-corrected chi connectivity index (χ1v) is 6.58. The SMILES string of the molecule is N#Cc1ccc(Oc2ccc(Cl)cc2C(=O)O)c(Br)c1. The van der Waals surface area contributed by atoms with Gasteiger partial charge in [-0.2, -0.15) is 5.26 Å². The fraction of sp³-hybridized carbons (Fsp3) is 0. The zero-order valence-electron chi connectivity index (χ0n) is 9.93. The van der Waals surface area contributed by atoms with Crippen LogP contribution >= 0.6 is 27.5 Å². The first-order valence-electron chi connectivity index (χ1n) is 5.41. The van der Waals surface area contributed by atoms with Crippen molar-refractivity contribution >= 4 is 33.5 Å². The molecule has 20 heavy (non-hydrogen) atoms. The molecule has 0 radical (unpaired) electrons. The second-order valence-corrected chi connectivity index (χ2v) is 5.10. The standard InChI is InChI=1S/C14H7BrClNO3/c15-11-5-8(7-17)1-3-13(11)20-12-4-2-9(16)6-10(12)14(18)19/h1-6H,(H,18,19). The number of ether oxygens (including phenoxy) is 1. The number of nitrogens with zero attached hydrogens (tertiary/aromatic N) is 1. The fourth-order valence-corrected chi connectivity index (χ4v) is 2.16. The van der Waals surface area contributed by atoms with Crippen LogP contribution in [-0.4, -0.2) is 11.1 Å². The van der Waals surface area contributed by atoms with E-state index in [0.717, 1.165) is 0 Å². The molecule has 6 heteroatoms. The lowest BCUT2D eigenvalue weighted by Crippen LogP contribution is -2.00. The molecule has 1 N–H and O–H groups in total. The number of nitriles is 1. The molecule has 0 unspecified atom stereocenters. The molecule has 0 amide bonds. The van der Waals surface area contributed by atoms with Crippen molar-refractivity contribution in [2.75, 3.05) is 0 Å². The Hall–Kier alpha value is -2.03. The molecule has 0 saturated heterocycles. The van der Waals surface area contributed by atoms with Crippen LogP contribution in [0.25, 0.3) is 0 Å². The summed E-state index contributed by atoms with van der Waals surface area (Å²) < 4.78 is 6.12. The fourth-order valence-electron chi connectivity index (χ4n) is 1.53. The van der Waals surface area contributed by atoms with Gasteiger partial charge in [0.2, 0.25) is 0 Å². The van der Waals surface area contributed by atoms with Gasteiger partial charge in [-0.3, -0.25) is 0 Å². The molecule has 0 aliphatic heterocycles. The van der Waals surface area contributed by atoms with E-state index in [1.165, 1.54) is 12.1 Å². The molecule has 2 rings (SSSR count). The molecule has 0 spiro atoms. The number of halogens is 2. The van der Waals surface area contributed by atoms with Crippen molar-refractivity contribution in [2.24, 2.45) is 0 Å². The Morgan fingerprint density at radius 2 is 1.95 bits per heavy atom. The molecule has 0 bridgehead atoms. The maximum absolute atomic E-state index is 11.2. The van der Waals surface area contributed by atoms with Gasteiger partial charge in [-0.05, 0) is 52.3 Å². The Morgan fingerprint density at radius 3 is 2.55 bits per heavy atom. The van der Waals surface area contributed by atoms with Gasteiger partial charge in [-0.25, -0.2) is 4.79 Å². The maximum atomic E-state index is 11.2. The lowest BCUT2D eigenvalue weighted by molar-refractivity contribution is 0.0694. The Balaban J connectivity index is 2.40. The molecular weight excluding hydrogens is 346 g/mol. The van der Waals surface area contributed by atoms with Crippen molar-refractivity contribution in [1.82, 2.24) is 0 Å². The number of benzene rings is 2. The second-order valence-electron chi connectivity index (χ2n) is 3.80. The molecule has 100 valence electrons. The number of aromatic carboxylic acids is 1. The van der Waals surface area contributed by atoms with E-state index in [9.17, 15) is 4.79 Å². The van der Waals surface area contributed by atoms with Gasteiger partial charge in [0.25, 0.3) is 0 Å². The average molecular weight is 353 g/mol. The summed E-state index contributed by atoms with van der Waals surface area (Å²) >= 11 is 9.04. The van der Waals surface area contributed by atoms with E-state index in [0.29, 0.717) is 20.8 Å². The Labute approximate surface area is 128 Å². The van der Waals surface area contributed by atoms with Crippen molar-refractivity contribution in [3.05, 3.63) is 57.0 Å². The van der Waals surface area contributed by atoms with E-state index in [4.69, 9.17) is 26.7 Å². The van der Waals surface area contributed by atoms with Gasteiger partial charge in [0.1, 0.15) is 17.1 Å². The number of carbonyl (C=O) groups is 1. The zero-order chi connectivity index (χ0) is 14.7. The van der Waals surface area contributed by atoms with Gasteiger partial charge >= 0.3 is 5.97 Å². The number of hydrogen-bond acceptors (Lipinski definition) is 3. The molecule has 0 aliphatic rings. The first kappa shape index (κ1) is 14.4. The minimum absolute atomic E-state index is 0.0336. The number of hydrogen-bond donors (Lipinski definition) is 1. The van der Waals surface area contributed by atoms with Crippen LogP contribution < -0.4 is 4.74 Å². The number of carboxylic acids is 1. The van der Waals surface area contributed by atoms with Gasteiger partial charge in [-0.15, -0.1) is 0 Å². The van der Waals surface area contributed by atoms with Crippen LogP contribution in [0.15, 0.2) is 40.9 Å². The Morgan fingerprint density at radius 1 is 1.25 bits per heavy atom. The third-order valence-electron chi connectivity index (χ3n) is 2.45. The van der Waals surface area contributed by atoms with Crippen molar-refractivity contribution in [3.63, 3.8) is 0 Å². The normalized spacial score (nSPS) is 9.85. The Kier molecular flexibility index (Phi) is 4.28. The summed E-state index contributed by atoms with van der Waals surface area (Å²) in [6.45, 7) is 0. The lowest BCUT2D eigenvalue weighted by Gasteiger charge is -2.10. The largest absolute Gasteiger partial charge is 0.478 e. The molecule has 0 saturated carbocycles. The number of rotatable bonds is 3. The molecule has 0 aromatic heterocycles. The van der Waals surface area contributed by atoms with E-state index in [1.807, 2.05) is 6.07 Å². The van der Waals surface area contributed by atoms with Crippen LogP contribution in [0.1, 0.15) is 15.9 Å². The smallest absolute Gasteiger partial charge is 0.339 e. The van der Waals surface area contributed by atoms with Gasteiger partial charge < -0.3 is 9.84 Å². The van der Waals surface area contributed by atoms with Gasteiger partial charge in [-0.1, -0.05) is 11.6 Å². The molecule has 0 heterocycles. The zero-order valence-corrected chi connectivity index (χ0v) is 12.3. The quantitative estimate of drug-likeness (QED) is 0.885. The van der Waals surface area contributed by atoms with E-state index in [-0.39, 0.29) is 11.3 Å². The monoisotopic (exact) mass is 351 g/mol. The van der Waals surface area contributed by atoms with Crippen LogP contribution in [0.5, 0.6) is 11.5 Å². The predicted octanol–water partition coefficient (Wildman–Crippen LogP) is 4.46. The number of carboxylic acid groups (broad SMARTS) is 1. The van der Waals surface area contributed by atoms with E-state index < -0.39 is 5.97 Å². The summed E-state index contributed by atoms with van der Waals surface area (Å²) in [7, 11) is 0.